The van der Waals surface area contributed by atoms with Crippen molar-refractivity contribution >= 4 is 27.6 Å². The summed E-state index contributed by atoms with van der Waals surface area (Å²) in [6.07, 6.45) is 0. The topological polar surface area (TPSA) is 52.3 Å². The smallest absolute Gasteiger partial charge is 0.313 e. The zero-order valence-corrected chi connectivity index (χ0v) is 12.8. The number of ether oxygens (including phenoxy) is 1. The number of rotatable bonds is 4. The Labute approximate surface area is 126 Å². The maximum Gasteiger partial charge on any atom is 0.313 e. The van der Waals surface area contributed by atoms with Gasteiger partial charge < -0.3 is 10.5 Å². The Kier molecular flexibility index (Phi) is 4.79. The summed E-state index contributed by atoms with van der Waals surface area (Å²) in [6.45, 7) is 2.07. The number of hydrogen-bond donors (Lipinski definition) is 1. The second-order valence-electron chi connectivity index (χ2n) is 4.59. The molecule has 2 aromatic rings. The highest BCUT2D eigenvalue weighted by Gasteiger charge is 2.17. The van der Waals surface area contributed by atoms with Gasteiger partial charge >= 0.3 is 5.97 Å². The van der Waals surface area contributed by atoms with Crippen molar-refractivity contribution in [1.29, 1.82) is 0 Å². The minimum absolute atomic E-state index is 0.257. The largest absolute Gasteiger partial charge is 0.460 e. The van der Waals surface area contributed by atoms with E-state index in [0.29, 0.717) is 5.69 Å². The highest BCUT2D eigenvalue weighted by Crippen LogP contribution is 2.21. The van der Waals surface area contributed by atoms with Gasteiger partial charge in [0.2, 0.25) is 0 Å². The van der Waals surface area contributed by atoms with Crippen molar-refractivity contribution in [2.75, 3.05) is 5.73 Å². The van der Waals surface area contributed by atoms with E-state index in [9.17, 15) is 4.79 Å². The molecule has 0 amide bonds. The second kappa shape index (κ2) is 6.57. The molecule has 0 saturated carbocycles. The average molecular weight is 334 g/mol. The molecule has 0 radical (unpaired) electrons. The number of nitrogen functional groups attached to an aromatic ring is 1. The van der Waals surface area contributed by atoms with Crippen LogP contribution < -0.4 is 5.73 Å². The van der Waals surface area contributed by atoms with Crippen LogP contribution in [-0.4, -0.2) is 5.97 Å². The number of carbonyl (C=O) groups excluding carboxylic acids is 1. The monoisotopic (exact) mass is 333 g/mol. The van der Waals surface area contributed by atoms with Crippen LogP contribution in [0.3, 0.4) is 0 Å². The molecule has 2 aromatic carbocycles. The predicted molar refractivity (Wildman–Crippen MR) is 83.2 cm³/mol. The van der Waals surface area contributed by atoms with Crippen molar-refractivity contribution in [2.45, 2.75) is 19.4 Å². The molecule has 4 heteroatoms. The number of benzene rings is 2. The first-order valence-electron chi connectivity index (χ1n) is 6.33. The van der Waals surface area contributed by atoms with E-state index < -0.39 is 0 Å². The lowest BCUT2D eigenvalue weighted by molar-refractivity contribution is -0.146. The predicted octanol–water partition coefficient (Wildman–Crippen LogP) is 3.88. The van der Waals surface area contributed by atoms with E-state index in [2.05, 4.69) is 15.9 Å². The first-order valence-corrected chi connectivity index (χ1v) is 7.12. The molecule has 0 bridgehead atoms. The molecule has 20 heavy (non-hydrogen) atoms. The third-order valence-corrected chi connectivity index (χ3v) is 3.87. The van der Waals surface area contributed by atoms with Gasteiger partial charge in [0, 0.05) is 15.7 Å². The SMILES string of the molecule is CC(C(=O)OCc1ccccc1Br)c1cccc(N)c1. The Morgan fingerprint density at radius 1 is 1.25 bits per heavy atom. The van der Waals surface area contributed by atoms with Gasteiger partial charge in [-0.2, -0.15) is 0 Å². The van der Waals surface area contributed by atoms with Crippen molar-refractivity contribution in [3.63, 3.8) is 0 Å². The summed E-state index contributed by atoms with van der Waals surface area (Å²) in [5.41, 5.74) is 8.18. The molecule has 0 spiro atoms. The molecular formula is C16H16BrNO2. The van der Waals surface area contributed by atoms with Crippen LogP contribution in [0.2, 0.25) is 0 Å². The molecule has 1 atom stereocenters. The van der Waals surface area contributed by atoms with E-state index >= 15 is 0 Å². The van der Waals surface area contributed by atoms with Crippen LogP contribution >= 0.6 is 15.9 Å². The van der Waals surface area contributed by atoms with Gasteiger partial charge in [0.25, 0.3) is 0 Å². The van der Waals surface area contributed by atoms with E-state index in [4.69, 9.17) is 10.5 Å². The normalized spacial score (nSPS) is 11.9. The number of esters is 1. The first kappa shape index (κ1) is 14.6. The van der Waals surface area contributed by atoms with E-state index in [1.54, 1.807) is 12.1 Å². The number of halogens is 1. The molecule has 0 heterocycles. The molecule has 2 rings (SSSR count). The third-order valence-electron chi connectivity index (χ3n) is 3.09. The summed E-state index contributed by atoms with van der Waals surface area (Å²) in [7, 11) is 0. The van der Waals surface area contributed by atoms with Crippen LogP contribution in [-0.2, 0) is 16.1 Å². The Morgan fingerprint density at radius 2 is 2.00 bits per heavy atom. The standard InChI is InChI=1S/C16H16BrNO2/c1-11(12-6-4-7-14(18)9-12)16(19)20-10-13-5-2-3-8-15(13)17/h2-9,11H,10,18H2,1H3. The fourth-order valence-electron chi connectivity index (χ4n) is 1.85. The quantitative estimate of drug-likeness (QED) is 0.682. The van der Waals surface area contributed by atoms with Gasteiger partial charge in [0.15, 0.2) is 0 Å². The van der Waals surface area contributed by atoms with Gasteiger partial charge in [0.05, 0.1) is 5.92 Å². The molecule has 2 N–H and O–H groups in total. The van der Waals surface area contributed by atoms with Crippen LogP contribution in [0.5, 0.6) is 0 Å². The first-order chi connectivity index (χ1) is 9.58. The summed E-state index contributed by atoms with van der Waals surface area (Å²) in [5, 5.41) is 0. The minimum Gasteiger partial charge on any atom is -0.460 e. The van der Waals surface area contributed by atoms with Gasteiger partial charge in [-0.3, -0.25) is 4.79 Å². The molecule has 0 aliphatic heterocycles. The summed E-state index contributed by atoms with van der Waals surface area (Å²) >= 11 is 3.43. The molecule has 3 nitrogen and oxygen atoms in total. The van der Waals surface area contributed by atoms with Crippen LogP contribution in [0.25, 0.3) is 0 Å². The lowest BCUT2D eigenvalue weighted by Crippen LogP contribution is -2.13. The number of nitrogens with two attached hydrogens (primary N) is 1. The van der Waals surface area contributed by atoms with E-state index in [0.717, 1.165) is 15.6 Å². The lowest BCUT2D eigenvalue weighted by atomic mass is 10.0. The summed E-state index contributed by atoms with van der Waals surface area (Å²) < 4.78 is 6.29. The molecule has 0 fully saturated rings. The molecule has 0 saturated heterocycles. The van der Waals surface area contributed by atoms with Crippen molar-refractivity contribution in [3.8, 4) is 0 Å². The van der Waals surface area contributed by atoms with Gasteiger partial charge in [-0.05, 0) is 30.7 Å². The fourth-order valence-corrected chi connectivity index (χ4v) is 2.25. The maximum atomic E-state index is 12.1. The molecule has 0 aliphatic rings. The van der Waals surface area contributed by atoms with Crippen molar-refractivity contribution in [1.82, 2.24) is 0 Å². The van der Waals surface area contributed by atoms with E-state index in [1.165, 1.54) is 0 Å². The van der Waals surface area contributed by atoms with Crippen molar-refractivity contribution in [3.05, 3.63) is 64.1 Å². The van der Waals surface area contributed by atoms with Crippen molar-refractivity contribution in [2.24, 2.45) is 0 Å². The van der Waals surface area contributed by atoms with Crippen LogP contribution in [0.1, 0.15) is 24.0 Å². The summed E-state index contributed by atoms with van der Waals surface area (Å²) in [4.78, 5) is 12.1. The van der Waals surface area contributed by atoms with Crippen LogP contribution in [0.15, 0.2) is 53.0 Å². The van der Waals surface area contributed by atoms with Gasteiger partial charge in [0.1, 0.15) is 6.61 Å². The summed E-state index contributed by atoms with van der Waals surface area (Å²) in [5.74, 6) is -0.590. The number of hydrogen-bond acceptors (Lipinski definition) is 3. The number of carbonyl (C=O) groups is 1. The maximum absolute atomic E-state index is 12.1. The Balaban J connectivity index is 2.00. The summed E-state index contributed by atoms with van der Waals surface area (Å²) in [6, 6.07) is 15.0. The molecule has 1 unspecified atom stereocenters. The highest BCUT2D eigenvalue weighted by atomic mass is 79.9. The minimum atomic E-state index is -0.332. The Bertz CT molecular complexity index is 613. The van der Waals surface area contributed by atoms with Crippen LogP contribution in [0, 0.1) is 0 Å². The fraction of sp³-hybridized carbons (Fsp3) is 0.188. The molecule has 0 aliphatic carbocycles. The second-order valence-corrected chi connectivity index (χ2v) is 5.45. The van der Waals surface area contributed by atoms with Gasteiger partial charge in [-0.15, -0.1) is 0 Å². The van der Waals surface area contributed by atoms with E-state index in [-0.39, 0.29) is 18.5 Å². The van der Waals surface area contributed by atoms with E-state index in [1.807, 2.05) is 43.3 Å². The Morgan fingerprint density at radius 3 is 2.70 bits per heavy atom. The molecule has 0 aromatic heterocycles. The molecule has 104 valence electrons. The van der Waals surface area contributed by atoms with Crippen LogP contribution in [0.4, 0.5) is 5.69 Å². The van der Waals surface area contributed by atoms with Crippen molar-refractivity contribution < 1.29 is 9.53 Å². The molecular weight excluding hydrogens is 318 g/mol. The highest BCUT2D eigenvalue weighted by molar-refractivity contribution is 9.10. The average Bonchev–Trinajstić information content (AvgIpc) is 2.45. The van der Waals surface area contributed by atoms with Gasteiger partial charge in [-0.1, -0.05) is 46.3 Å². The lowest BCUT2D eigenvalue weighted by Gasteiger charge is -2.13. The number of anilines is 1. The third kappa shape index (κ3) is 3.61. The zero-order valence-electron chi connectivity index (χ0n) is 11.2. The Hall–Kier alpha value is -1.81. The van der Waals surface area contributed by atoms with Gasteiger partial charge in [-0.25, -0.2) is 0 Å². The zero-order chi connectivity index (χ0) is 14.5.